The second kappa shape index (κ2) is 5.88. The van der Waals surface area contributed by atoms with Crippen molar-refractivity contribution < 1.29 is 4.74 Å². The van der Waals surface area contributed by atoms with Gasteiger partial charge in [-0.15, -0.1) is 5.10 Å². The molecule has 0 spiro atoms. The summed E-state index contributed by atoms with van der Waals surface area (Å²) in [4.78, 5) is 0. The van der Waals surface area contributed by atoms with E-state index in [2.05, 4.69) is 31.5 Å². The van der Waals surface area contributed by atoms with Crippen molar-refractivity contribution in [2.45, 2.75) is 19.4 Å². The first-order valence-electron chi connectivity index (χ1n) is 6.63. The van der Waals surface area contributed by atoms with Crippen LogP contribution in [-0.2, 0) is 11.3 Å². The van der Waals surface area contributed by atoms with Crippen molar-refractivity contribution in [3.63, 3.8) is 0 Å². The highest BCUT2D eigenvalue weighted by molar-refractivity contribution is 9.10. The van der Waals surface area contributed by atoms with Crippen LogP contribution in [0.2, 0.25) is 0 Å². The molecule has 3 rings (SSSR count). The molecule has 0 aliphatic carbocycles. The van der Waals surface area contributed by atoms with Crippen molar-refractivity contribution in [1.82, 2.24) is 20.2 Å². The van der Waals surface area contributed by atoms with Crippen LogP contribution in [0, 0.1) is 5.92 Å². The molecule has 1 fully saturated rings. The minimum atomic E-state index is 0.613. The summed E-state index contributed by atoms with van der Waals surface area (Å²) in [7, 11) is 0. The molecule has 2 aromatic rings. The van der Waals surface area contributed by atoms with Gasteiger partial charge >= 0.3 is 0 Å². The van der Waals surface area contributed by atoms with E-state index in [-0.39, 0.29) is 0 Å². The van der Waals surface area contributed by atoms with Gasteiger partial charge in [0.2, 0.25) is 0 Å². The van der Waals surface area contributed by atoms with Gasteiger partial charge in [-0.2, -0.15) is 0 Å². The molecule has 1 aromatic carbocycles. The fraction of sp³-hybridized carbons (Fsp3) is 0.462. The maximum atomic E-state index is 5.91. The first-order valence-corrected chi connectivity index (χ1v) is 7.42. The molecule has 6 nitrogen and oxygen atoms in total. The number of nitrogens with two attached hydrogens (primary N) is 1. The largest absolute Gasteiger partial charge is 0.398 e. The first-order chi connectivity index (χ1) is 9.74. The minimum absolute atomic E-state index is 0.613. The van der Waals surface area contributed by atoms with E-state index in [1.54, 1.807) is 0 Å². The van der Waals surface area contributed by atoms with Crippen LogP contribution in [-0.4, -0.2) is 33.4 Å². The molecule has 106 valence electrons. The standard InChI is InChI=1S/C13H16BrN5O/c14-11-2-1-10(7-12(11)15)13-16-17-18-19(13)5-3-9-4-6-20-8-9/h1-2,7,9H,3-6,8,15H2. The summed E-state index contributed by atoms with van der Waals surface area (Å²) in [6, 6.07) is 5.75. The fourth-order valence-corrected chi connectivity index (χ4v) is 2.61. The third-order valence-corrected chi connectivity index (χ3v) is 4.28. The molecule has 7 heteroatoms. The monoisotopic (exact) mass is 337 g/mol. The number of aromatic nitrogens is 4. The number of hydrogen-bond acceptors (Lipinski definition) is 5. The lowest BCUT2D eigenvalue weighted by Gasteiger charge is -2.09. The molecule has 0 amide bonds. The zero-order valence-electron chi connectivity index (χ0n) is 11.0. The molecule has 1 atom stereocenters. The number of ether oxygens (including phenoxy) is 1. The van der Waals surface area contributed by atoms with Gasteiger partial charge in [0.25, 0.3) is 0 Å². The molecule has 1 saturated heterocycles. The van der Waals surface area contributed by atoms with Gasteiger partial charge in [0.1, 0.15) is 0 Å². The molecule has 1 unspecified atom stereocenters. The van der Waals surface area contributed by atoms with Crippen LogP contribution < -0.4 is 5.73 Å². The molecule has 2 heterocycles. The van der Waals surface area contributed by atoms with Crippen LogP contribution >= 0.6 is 15.9 Å². The Morgan fingerprint density at radius 3 is 3.10 bits per heavy atom. The van der Waals surface area contributed by atoms with Crippen molar-refractivity contribution >= 4 is 21.6 Å². The topological polar surface area (TPSA) is 78.9 Å². The lowest BCUT2D eigenvalue weighted by molar-refractivity contribution is 0.183. The predicted octanol–water partition coefficient (Wildman–Crippen LogP) is 2.11. The number of hydrogen-bond donors (Lipinski definition) is 1. The van der Waals surface area contributed by atoms with Crippen LogP contribution in [0.25, 0.3) is 11.4 Å². The number of halogens is 1. The van der Waals surface area contributed by atoms with Gasteiger partial charge in [0, 0.05) is 35.5 Å². The highest BCUT2D eigenvalue weighted by atomic mass is 79.9. The molecule has 0 bridgehead atoms. The Hall–Kier alpha value is -1.47. The van der Waals surface area contributed by atoms with Gasteiger partial charge in [-0.1, -0.05) is 0 Å². The summed E-state index contributed by atoms with van der Waals surface area (Å²) in [5.74, 6) is 1.37. The van der Waals surface area contributed by atoms with Gasteiger partial charge in [-0.05, 0) is 63.3 Å². The molecule has 0 saturated carbocycles. The highest BCUT2D eigenvalue weighted by Crippen LogP contribution is 2.26. The predicted molar refractivity (Wildman–Crippen MR) is 78.9 cm³/mol. The number of benzene rings is 1. The summed E-state index contributed by atoms with van der Waals surface area (Å²) >= 11 is 3.39. The number of nitrogens with zero attached hydrogens (tertiary/aromatic N) is 4. The zero-order valence-corrected chi connectivity index (χ0v) is 12.6. The highest BCUT2D eigenvalue weighted by Gasteiger charge is 2.17. The summed E-state index contributed by atoms with van der Waals surface area (Å²) in [6.07, 6.45) is 2.16. The van der Waals surface area contributed by atoms with E-state index in [1.165, 1.54) is 0 Å². The van der Waals surface area contributed by atoms with Crippen LogP contribution in [0.4, 0.5) is 5.69 Å². The average Bonchev–Trinajstić information content (AvgIpc) is 3.10. The Bertz CT molecular complexity index is 594. The molecule has 2 N–H and O–H groups in total. The summed E-state index contributed by atoms with van der Waals surface area (Å²) in [5, 5.41) is 11.9. The molecule has 20 heavy (non-hydrogen) atoms. The molecule has 1 aliphatic heterocycles. The third kappa shape index (κ3) is 2.83. The summed E-state index contributed by atoms with van der Waals surface area (Å²) in [6.45, 7) is 2.52. The maximum Gasteiger partial charge on any atom is 0.182 e. The van der Waals surface area contributed by atoms with Gasteiger partial charge in [-0.3, -0.25) is 0 Å². The molecular weight excluding hydrogens is 322 g/mol. The van der Waals surface area contributed by atoms with E-state index in [4.69, 9.17) is 10.5 Å². The van der Waals surface area contributed by atoms with E-state index in [0.29, 0.717) is 11.6 Å². The van der Waals surface area contributed by atoms with E-state index < -0.39 is 0 Å². The lowest BCUT2D eigenvalue weighted by atomic mass is 10.1. The normalized spacial score (nSPS) is 18.6. The quantitative estimate of drug-likeness (QED) is 0.864. The van der Waals surface area contributed by atoms with E-state index >= 15 is 0 Å². The minimum Gasteiger partial charge on any atom is -0.398 e. The van der Waals surface area contributed by atoms with Gasteiger partial charge < -0.3 is 10.5 Å². The second-order valence-corrected chi connectivity index (χ2v) is 5.83. The van der Waals surface area contributed by atoms with Gasteiger partial charge in [0.05, 0.1) is 0 Å². The smallest absolute Gasteiger partial charge is 0.182 e. The number of nitrogen functional groups attached to an aromatic ring is 1. The zero-order chi connectivity index (χ0) is 13.9. The van der Waals surface area contributed by atoms with Gasteiger partial charge in [0.15, 0.2) is 5.82 Å². The van der Waals surface area contributed by atoms with E-state index in [1.807, 2.05) is 22.9 Å². The van der Waals surface area contributed by atoms with Gasteiger partial charge in [-0.25, -0.2) is 4.68 Å². The third-order valence-electron chi connectivity index (χ3n) is 3.56. The number of anilines is 1. The van der Waals surface area contributed by atoms with Crippen LogP contribution in [0.1, 0.15) is 12.8 Å². The number of tetrazole rings is 1. The Morgan fingerprint density at radius 2 is 2.35 bits per heavy atom. The van der Waals surface area contributed by atoms with E-state index in [0.717, 1.165) is 48.5 Å². The molecule has 1 aromatic heterocycles. The van der Waals surface area contributed by atoms with Crippen molar-refractivity contribution in [3.8, 4) is 11.4 Å². The Balaban J connectivity index is 1.76. The van der Waals surface area contributed by atoms with Crippen molar-refractivity contribution in [1.29, 1.82) is 0 Å². The molecule has 0 radical (unpaired) electrons. The number of rotatable bonds is 4. The Morgan fingerprint density at radius 1 is 1.45 bits per heavy atom. The second-order valence-electron chi connectivity index (χ2n) is 4.98. The SMILES string of the molecule is Nc1cc(-c2nnnn2CCC2CCOC2)ccc1Br. The van der Waals surface area contributed by atoms with Crippen molar-refractivity contribution in [2.24, 2.45) is 5.92 Å². The maximum absolute atomic E-state index is 5.91. The molecule has 1 aliphatic rings. The van der Waals surface area contributed by atoms with E-state index in [9.17, 15) is 0 Å². The van der Waals surface area contributed by atoms with Crippen LogP contribution in [0.3, 0.4) is 0 Å². The summed E-state index contributed by atoms with van der Waals surface area (Å²) in [5.41, 5.74) is 7.52. The van der Waals surface area contributed by atoms with Crippen LogP contribution in [0.5, 0.6) is 0 Å². The Kier molecular flexibility index (Phi) is 3.98. The first kappa shape index (κ1) is 13.5. The number of aryl methyl sites for hydroxylation is 1. The van der Waals surface area contributed by atoms with Crippen molar-refractivity contribution in [3.05, 3.63) is 22.7 Å². The van der Waals surface area contributed by atoms with Crippen LogP contribution in [0.15, 0.2) is 22.7 Å². The Labute approximate surface area is 125 Å². The summed E-state index contributed by atoms with van der Waals surface area (Å²) < 4.78 is 8.10. The average molecular weight is 338 g/mol. The fourth-order valence-electron chi connectivity index (χ4n) is 2.36. The van der Waals surface area contributed by atoms with Crippen molar-refractivity contribution in [2.75, 3.05) is 18.9 Å². The lowest BCUT2D eigenvalue weighted by Crippen LogP contribution is -2.09. The molecular formula is C13H16BrN5O.